The van der Waals surface area contributed by atoms with E-state index in [0.717, 1.165) is 47.7 Å². The monoisotopic (exact) mass is 365 g/mol. The molecule has 6 heteroatoms. The van der Waals surface area contributed by atoms with Gasteiger partial charge in [-0.2, -0.15) is 0 Å². The number of imidazole rings is 1. The van der Waals surface area contributed by atoms with Crippen LogP contribution < -0.4 is 5.56 Å². The summed E-state index contributed by atoms with van der Waals surface area (Å²) in [6.07, 6.45) is 6.15. The Kier molecular flexibility index (Phi) is 4.49. The maximum absolute atomic E-state index is 11.9. The van der Waals surface area contributed by atoms with Gasteiger partial charge in [-0.1, -0.05) is 0 Å². The minimum Gasteiger partial charge on any atom is -0.381 e. The van der Waals surface area contributed by atoms with Crippen LogP contribution in [-0.4, -0.2) is 27.3 Å². The second kappa shape index (κ2) is 6.38. The Morgan fingerprint density at radius 2 is 2.27 bits per heavy atom. The number of nitrogens with zero attached hydrogens (tertiary/aromatic N) is 3. The molecule has 22 heavy (non-hydrogen) atoms. The van der Waals surface area contributed by atoms with Gasteiger partial charge in [0.25, 0.3) is 5.56 Å². The number of hydrogen-bond acceptors (Lipinski definition) is 3. The van der Waals surface area contributed by atoms with Crippen LogP contribution in [0.3, 0.4) is 0 Å². The zero-order chi connectivity index (χ0) is 15.7. The molecule has 3 heterocycles. The highest BCUT2D eigenvalue weighted by atomic mass is 79.9. The summed E-state index contributed by atoms with van der Waals surface area (Å²) < 4.78 is 10.1. The van der Waals surface area contributed by atoms with E-state index in [4.69, 9.17) is 4.74 Å². The van der Waals surface area contributed by atoms with Crippen LogP contribution in [0.15, 0.2) is 27.9 Å². The number of halogens is 1. The van der Waals surface area contributed by atoms with Crippen LogP contribution in [0.2, 0.25) is 0 Å². The maximum atomic E-state index is 11.9. The summed E-state index contributed by atoms with van der Waals surface area (Å²) in [5.74, 6) is 1.40. The van der Waals surface area contributed by atoms with E-state index in [0.29, 0.717) is 5.92 Å². The number of aromatic nitrogens is 3. The molecule has 0 spiro atoms. The topological polar surface area (TPSA) is 49.0 Å². The van der Waals surface area contributed by atoms with E-state index in [-0.39, 0.29) is 5.56 Å². The van der Waals surface area contributed by atoms with Gasteiger partial charge < -0.3 is 13.9 Å². The summed E-state index contributed by atoms with van der Waals surface area (Å²) in [6, 6.07) is 1.91. The third-order valence-corrected chi connectivity index (χ3v) is 4.46. The van der Waals surface area contributed by atoms with Gasteiger partial charge in [0.1, 0.15) is 10.4 Å². The van der Waals surface area contributed by atoms with Gasteiger partial charge in [0, 0.05) is 49.6 Å². The van der Waals surface area contributed by atoms with E-state index in [9.17, 15) is 4.79 Å². The first-order valence-corrected chi connectivity index (χ1v) is 8.32. The fraction of sp³-hybridized carbons (Fsp3) is 0.500. The normalized spacial score (nSPS) is 18.6. The summed E-state index contributed by atoms with van der Waals surface area (Å²) in [7, 11) is 1.77. The molecule has 0 aromatic carbocycles. The lowest BCUT2D eigenvalue weighted by Gasteiger charge is -2.23. The van der Waals surface area contributed by atoms with Crippen molar-refractivity contribution < 1.29 is 4.74 Å². The van der Waals surface area contributed by atoms with Crippen LogP contribution in [0.5, 0.6) is 0 Å². The lowest BCUT2D eigenvalue weighted by atomic mass is 10.0. The van der Waals surface area contributed by atoms with Crippen LogP contribution in [0.25, 0.3) is 11.4 Å². The first-order valence-electron chi connectivity index (χ1n) is 7.52. The van der Waals surface area contributed by atoms with Crippen LogP contribution in [-0.2, 0) is 18.3 Å². The van der Waals surface area contributed by atoms with E-state index in [2.05, 4.69) is 25.5 Å². The summed E-state index contributed by atoms with van der Waals surface area (Å²) in [6.45, 7) is 4.40. The molecular formula is C16H20BrN3O2. The number of rotatable bonds is 3. The van der Waals surface area contributed by atoms with Crippen molar-refractivity contribution in [2.24, 2.45) is 13.0 Å². The Morgan fingerprint density at radius 3 is 2.95 bits per heavy atom. The smallest absolute Gasteiger partial charge is 0.253 e. The molecular weight excluding hydrogens is 346 g/mol. The van der Waals surface area contributed by atoms with Crippen molar-refractivity contribution in [2.75, 3.05) is 13.2 Å². The average Bonchev–Trinajstić information content (AvgIpc) is 2.86. The lowest BCUT2D eigenvalue weighted by molar-refractivity contribution is 0.0485. The Bertz CT molecular complexity index is 703. The first kappa shape index (κ1) is 15.5. The van der Waals surface area contributed by atoms with Gasteiger partial charge >= 0.3 is 0 Å². The quantitative estimate of drug-likeness (QED) is 0.839. The Labute approximate surface area is 138 Å². The van der Waals surface area contributed by atoms with Crippen molar-refractivity contribution in [3.63, 3.8) is 0 Å². The van der Waals surface area contributed by atoms with Crippen LogP contribution in [0.4, 0.5) is 0 Å². The molecule has 1 aliphatic heterocycles. The number of ether oxygens (including phenoxy) is 1. The van der Waals surface area contributed by atoms with Crippen molar-refractivity contribution in [3.05, 3.63) is 39.0 Å². The van der Waals surface area contributed by atoms with E-state index in [1.165, 1.54) is 6.42 Å². The Hall–Kier alpha value is -1.40. The zero-order valence-corrected chi connectivity index (χ0v) is 14.5. The molecule has 0 saturated carbocycles. The zero-order valence-electron chi connectivity index (χ0n) is 12.9. The second-order valence-electron chi connectivity index (χ2n) is 5.95. The summed E-state index contributed by atoms with van der Waals surface area (Å²) in [4.78, 5) is 16.5. The highest BCUT2D eigenvalue weighted by Gasteiger charge is 2.18. The largest absolute Gasteiger partial charge is 0.381 e. The van der Waals surface area contributed by atoms with E-state index < -0.39 is 0 Å². The molecule has 1 saturated heterocycles. The molecule has 1 aliphatic rings. The summed E-state index contributed by atoms with van der Waals surface area (Å²) in [5, 5.41) is 0. The Balaban J connectivity index is 1.95. The van der Waals surface area contributed by atoms with E-state index in [1.807, 2.05) is 25.4 Å². The van der Waals surface area contributed by atoms with Gasteiger partial charge in [-0.3, -0.25) is 4.79 Å². The Morgan fingerprint density at radius 1 is 1.45 bits per heavy atom. The third kappa shape index (κ3) is 3.17. The SMILES string of the molecule is Cc1cc(-c2nc(Br)cn2CC2CCCOC2)cn(C)c1=O. The fourth-order valence-electron chi connectivity index (χ4n) is 2.98. The van der Waals surface area contributed by atoms with Crippen LogP contribution in [0, 0.1) is 12.8 Å². The highest BCUT2D eigenvalue weighted by Crippen LogP contribution is 2.24. The molecule has 0 aliphatic carbocycles. The number of pyridine rings is 1. The fourth-order valence-corrected chi connectivity index (χ4v) is 3.40. The predicted octanol–water partition coefficient (Wildman–Crippen LogP) is 2.75. The van der Waals surface area contributed by atoms with Crippen LogP contribution in [0.1, 0.15) is 18.4 Å². The molecule has 0 N–H and O–H groups in total. The van der Waals surface area contributed by atoms with Gasteiger partial charge in [0.15, 0.2) is 0 Å². The molecule has 3 rings (SSSR count). The predicted molar refractivity (Wildman–Crippen MR) is 88.9 cm³/mol. The number of aryl methyl sites for hydroxylation is 2. The molecule has 1 atom stereocenters. The van der Waals surface area contributed by atoms with Gasteiger partial charge in [0.05, 0.1) is 6.61 Å². The molecule has 118 valence electrons. The standard InChI is InChI=1S/C16H20BrN3O2/c1-11-6-13(8-19(2)16(11)21)15-18-14(17)9-20(15)7-12-4-3-5-22-10-12/h6,8-9,12H,3-5,7,10H2,1-2H3. The molecule has 5 nitrogen and oxygen atoms in total. The van der Waals surface area contributed by atoms with Crippen LogP contribution >= 0.6 is 15.9 Å². The second-order valence-corrected chi connectivity index (χ2v) is 6.76. The minimum absolute atomic E-state index is 0.0293. The van der Waals surface area contributed by atoms with Gasteiger partial charge in [-0.15, -0.1) is 0 Å². The minimum atomic E-state index is 0.0293. The molecule has 0 amide bonds. The number of hydrogen-bond donors (Lipinski definition) is 0. The van der Waals surface area contributed by atoms with E-state index >= 15 is 0 Å². The molecule has 0 radical (unpaired) electrons. The van der Waals surface area contributed by atoms with Gasteiger partial charge in [0.2, 0.25) is 0 Å². The van der Waals surface area contributed by atoms with Crippen molar-refractivity contribution in [2.45, 2.75) is 26.3 Å². The highest BCUT2D eigenvalue weighted by molar-refractivity contribution is 9.10. The van der Waals surface area contributed by atoms with Gasteiger partial charge in [-0.05, 0) is 41.8 Å². The summed E-state index contributed by atoms with van der Waals surface area (Å²) >= 11 is 3.46. The van der Waals surface area contributed by atoms with Gasteiger partial charge in [-0.25, -0.2) is 4.98 Å². The lowest BCUT2D eigenvalue weighted by Crippen LogP contribution is -2.22. The van der Waals surface area contributed by atoms with Crippen molar-refractivity contribution >= 4 is 15.9 Å². The van der Waals surface area contributed by atoms with Crippen molar-refractivity contribution in [1.82, 2.24) is 14.1 Å². The van der Waals surface area contributed by atoms with Crippen molar-refractivity contribution in [1.29, 1.82) is 0 Å². The van der Waals surface area contributed by atoms with Crippen molar-refractivity contribution in [3.8, 4) is 11.4 Å². The molecule has 1 unspecified atom stereocenters. The molecule has 2 aromatic rings. The maximum Gasteiger partial charge on any atom is 0.253 e. The first-order chi connectivity index (χ1) is 10.5. The van der Waals surface area contributed by atoms with E-state index in [1.54, 1.807) is 11.6 Å². The molecule has 2 aromatic heterocycles. The molecule has 0 bridgehead atoms. The third-order valence-electron chi connectivity index (χ3n) is 4.08. The average molecular weight is 366 g/mol. The summed E-state index contributed by atoms with van der Waals surface area (Å²) in [5.41, 5.74) is 1.72. The molecule has 1 fully saturated rings.